The third-order valence-electron chi connectivity index (χ3n) is 5.00. The first-order valence-electron chi connectivity index (χ1n) is 7.88. The van der Waals surface area contributed by atoms with Crippen LogP contribution in [0, 0.1) is 11.8 Å². The van der Waals surface area contributed by atoms with E-state index in [0.717, 1.165) is 29.5 Å². The third-order valence-corrected chi connectivity index (χ3v) is 5.00. The largest absolute Gasteiger partial charge is 0.421 e. The molecular weight excluding hydrogens is 325 g/mol. The first-order chi connectivity index (χ1) is 11.3. The topological polar surface area (TPSA) is 51.5 Å². The maximum Gasteiger partial charge on any atom is 0.421 e. The van der Waals surface area contributed by atoms with Gasteiger partial charge in [-0.1, -0.05) is 0 Å². The number of fused-ring (bicyclic) bond motifs is 2. The number of pyridine rings is 1. The number of piperidine rings is 1. The number of rotatable bonds is 3. The molecule has 1 aromatic heterocycles. The smallest absolute Gasteiger partial charge is 0.381 e. The lowest BCUT2D eigenvalue weighted by atomic mass is 9.95. The SMILES string of the molecule is COC1[C@@H]2CC[C@H]1CN(C(=O)Cn1cccc(C(F)(F)F)c1=O)C2. The molecule has 2 heterocycles. The standard InChI is InChI=1S/C16H19F3N2O3/c1-24-14-10-4-5-11(14)8-21(7-10)13(22)9-20-6-2-3-12(15(20)23)16(17,18)19/h2-3,6,10-11,14H,4-5,7-9H2,1H3/t10-,11+,14?. The van der Waals surface area contributed by atoms with E-state index in [2.05, 4.69) is 0 Å². The predicted octanol–water partition coefficient (Wildman–Crippen LogP) is 1.75. The normalized spacial score (nSPS) is 26.7. The second-order valence-corrected chi connectivity index (χ2v) is 6.45. The molecule has 1 amide bonds. The summed E-state index contributed by atoms with van der Waals surface area (Å²) in [7, 11) is 1.66. The van der Waals surface area contributed by atoms with E-state index >= 15 is 0 Å². The molecule has 0 radical (unpaired) electrons. The van der Waals surface area contributed by atoms with Crippen molar-refractivity contribution in [2.75, 3.05) is 20.2 Å². The van der Waals surface area contributed by atoms with Gasteiger partial charge in [0.05, 0.1) is 6.10 Å². The lowest BCUT2D eigenvalue weighted by Crippen LogP contribution is -2.49. The van der Waals surface area contributed by atoms with E-state index in [-0.39, 0.29) is 30.4 Å². The monoisotopic (exact) mass is 344 g/mol. The number of amides is 1. The number of hydrogen-bond donors (Lipinski definition) is 0. The van der Waals surface area contributed by atoms with Crippen LogP contribution in [0.4, 0.5) is 13.2 Å². The van der Waals surface area contributed by atoms with E-state index in [0.29, 0.717) is 13.1 Å². The summed E-state index contributed by atoms with van der Waals surface area (Å²) in [6.07, 6.45) is -1.40. The van der Waals surface area contributed by atoms with E-state index in [9.17, 15) is 22.8 Å². The maximum atomic E-state index is 12.8. The van der Waals surface area contributed by atoms with Crippen molar-refractivity contribution in [1.82, 2.24) is 9.47 Å². The summed E-state index contributed by atoms with van der Waals surface area (Å²) in [5.74, 6) is 0.190. The Labute approximate surface area is 137 Å². The highest BCUT2D eigenvalue weighted by Gasteiger charge is 2.43. The van der Waals surface area contributed by atoms with Gasteiger partial charge in [0, 0.05) is 38.2 Å². The summed E-state index contributed by atoms with van der Waals surface area (Å²) < 4.78 is 44.7. The summed E-state index contributed by atoms with van der Waals surface area (Å²) in [4.78, 5) is 26.0. The van der Waals surface area contributed by atoms with Crippen LogP contribution in [0.2, 0.25) is 0 Å². The number of ether oxygens (including phenoxy) is 1. The predicted molar refractivity (Wildman–Crippen MR) is 79.3 cm³/mol. The molecule has 2 bridgehead atoms. The Morgan fingerprint density at radius 2 is 1.92 bits per heavy atom. The van der Waals surface area contributed by atoms with Crippen molar-refractivity contribution in [3.8, 4) is 0 Å². The molecule has 3 atom stereocenters. The maximum absolute atomic E-state index is 12.8. The molecule has 5 nitrogen and oxygen atoms in total. The zero-order valence-electron chi connectivity index (χ0n) is 13.3. The Morgan fingerprint density at radius 1 is 1.29 bits per heavy atom. The van der Waals surface area contributed by atoms with Crippen LogP contribution in [-0.2, 0) is 22.3 Å². The molecule has 1 saturated heterocycles. The minimum atomic E-state index is -4.72. The van der Waals surface area contributed by atoms with Crippen LogP contribution >= 0.6 is 0 Å². The summed E-state index contributed by atoms with van der Waals surface area (Å²) >= 11 is 0. The molecular formula is C16H19F3N2O3. The molecule has 1 saturated carbocycles. The number of aromatic nitrogens is 1. The number of hydrogen-bond acceptors (Lipinski definition) is 3. The first kappa shape index (κ1) is 17.0. The Bertz CT molecular complexity index is 672. The van der Waals surface area contributed by atoms with E-state index in [1.54, 1.807) is 12.0 Å². The molecule has 1 aliphatic carbocycles. The van der Waals surface area contributed by atoms with Crippen molar-refractivity contribution in [3.63, 3.8) is 0 Å². The van der Waals surface area contributed by atoms with E-state index in [4.69, 9.17) is 4.74 Å². The molecule has 2 aliphatic rings. The van der Waals surface area contributed by atoms with E-state index in [1.165, 1.54) is 6.20 Å². The molecule has 132 valence electrons. The van der Waals surface area contributed by atoms with Crippen LogP contribution in [0.1, 0.15) is 18.4 Å². The zero-order chi connectivity index (χ0) is 17.5. The number of halogens is 3. The van der Waals surface area contributed by atoms with Crippen LogP contribution < -0.4 is 5.56 Å². The van der Waals surface area contributed by atoms with Crippen molar-refractivity contribution in [2.45, 2.75) is 31.7 Å². The lowest BCUT2D eigenvalue weighted by molar-refractivity contribution is -0.140. The van der Waals surface area contributed by atoms with Crippen LogP contribution in [0.15, 0.2) is 23.1 Å². The summed E-state index contributed by atoms with van der Waals surface area (Å²) in [5, 5.41) is 0. The number of alkyl halides is 3. The highest BCUT2D eigenvalue weighted by atomic mass is 19.4. The Hall–Kier alpha value is -1.83. The van der Waals surface area contributed by atoms with Crippen LogP contribution in [0.25, 0.3) is 0 Å². The van der Waals surface area contributed by atoms with Gasteiger partial charge in [-0.25, -0.2) is 0 Å². The van der Waals surface area contributed by atoms with Crippen LogP contribution in [0.5, 0.6) is 0 Å². The van der Waals surface area contributed by atoms with Gasteiger partial charge in [-0.3, -0.25) is 9.59 Å². The summed E-state index contributed by atoms with van der Waals surface area (Å²) in [5.41, 5.74) is -2.44. The van der Waals surface area contributed by atoms with Crippen molar-refractivity contribution in [3.05, 3.63) is 34.2 Å². The molecule has 1 unspecified atom stereocenters. The van der Waals surface area contributed by atoms with Crippen molar-refractivity contribution in [1.29, 1.82) is 0 Å². The molecule has 3 rings (SSSR count). The molecule has 24 heavy (non-hydrogen) atoms. The molecule has 8 heteroatoms. The van der Waals surface area contributed by atoms with Gasteiger partial charge in [-0.2, -0.15) is 13.2 Å². The fourth-order valence-corrected chi connectivity index (χ4v) is 3.88. The molecule has 0 aromatic carbocycles. The quantitative estimate of drug-likeness (QED) is 0.839. The first-order valence-corrected chi connectivity index (χ1v) is 7.88. The Kier molecular flexibility index (Phi) is 4.42. The highest BCUT2D eigenvalue weighted by molar-refractivity contribution is 5.76. The number of likely N-dealkylation sites (tertiary alicyclic amines) is 1. The van der Waals surface area contributed by atoms with Gasteiger partial charge in [-0.05, 0) is 25.0 Å². The van der Waals surface area contributed by atoms with Gasteiger partial charge >= 0.3 is 6.18 Å². The zero-order valence-corrected chi connectivity index (χ0v) is 13.3. The second-order valence-electron chi connectivity index (χ2n) is 6.45. The van der Waals surface area contributed by atoms with Crippen LogP contribution in [0.3, 0.4) is 0 Å². The average Bonchev–Trinajstić information content (AvgIpc) is 2.76. The number of carbonyl (C=O) groups excluding carboxylic acids is 1. The minimum Gasteiger partial charge on any atom is -0.381 e. The molecule has 1 aromatic rings. The van der Waals surface area contributed by atoms with Gasteiger partial charge in [0.2, 0.25) is 5.91 Å². The van der Waals surface area contributed by atoms with Gasteiger partial charge in [-0.15, -0.1) is 0 Å². The highest BCUT2D eigenvalue weighted by Crippen LogP contribution is 2.38. The Morgan fingerprint density at radius 3 is 2.46 bits per heavy atom. The van der Waals surface area contributed by atoms with E-state index in [1.807, 2.05) is 0 Å². The van der Waals surface area contributed by atoms with Gasteiger partial charge < -0.3 is 14.2 Å². The Balaban J connectivity index is 1.74. The van der Waals surface area contributed by atoms with Crippen molar-refractivity contribution in [2.24, 2.45) is 11.8 Å². The molecule has 0 N–H and O–H groups in total. The second kappa shape index (κ2) is 6.23. The molecule has 1 aliphatic heterocycles. The lowest BCUT2D eigenvalue weighted by Gasteiger charge is -2.37. The molecule has 0 spiro atoms. The third kappa shape index (κ3) is 3.07. The van der Waals surface area contributed by atoms with E-state index < -0.39 is 17.3 Å². The van der Waals surface area contributed by atoms with Gasteiger partial charge in [0.1, 0.15) is 12.1 Å². The minimum absolute atomic E-state index is 0.144. The fraction of sp³-hybridized carbons (Fsp3) is 0.625. The number of carbonyl (C=O) groups is 1. The van der Waals surface area contributed by atoms with Crippen molar-refractivity contribution >= 4 is 5.91 Å². The van der Waals surface area contributed by atoms with Gasteiger partial charge in [0.25, 0.3) is 5.56 Å². The van der Waals surface area contributed by atoms with Crippen LogP contribution in [-0.4, -0.2) is 41.7 Å². The fourth-order valence-electron chi connectivity index (χ4n) is 3.88. The number of methoxy groups -OCH3 is 1. The summed E-state index contributed by atoms with van der Waals surface area (Å²) in [6, 6.07) is 1.87. The summed E-state index contributed by atoms with van der Waals surface area (Å²) in [6.45, 7) is 0.683. The van der Waals surface area contributed by atoms with Crippen molar-refractivity contribution < 1.29 is 22.7 Å². The van der Waals surface area contributed by atoms with Gasteiger partial charge in [0.15, 0.2) is 0 Å². The average molecular weight is 344 g/mol. The molecule has 2 fully saturated rings. The number of nitrogens with zero attached hydrogens (tertiary/aromatic N) is 2.